The molecule has 4 rings (SSSR count). The second-order valence-corrected chi connectivity index (χ2v) is 6.67. The third kappa shape index (κ3) is 2.14. The molecule has 114 valence electrons. The first kappa shape index (κ1) is 14.0. The molecule has 23 heavy (non-hydrogen) atoms. The highest BCUT2D eigenvalue weighted by atomic mass is 32.1. The Bertz CT molecular complexity index is 1130. The summed E-state index contributed by atoms with van der Waals surface area (Å²) in [4.78, 5) is 18.2. The first-order chi connectivity index (χ1) is 11.0. The van der Waals surface area contributed by atoms with Crippen molar-refractivity contribution >= 4 is 31.8 Å². The topological polar surface area (TPSA) is 60.7 Å². The van der Waals surface area contributed by atoms with E-state index in [0.717, 1.165) is 32.7 Å². The van der Waals surface area contributed by atoms with Gasteiger partial charge in [-0.05, 0) is 50.1 Å². The summed E-state index contributed by atoms with van der Waals surface area (Å²) in [5.74, 6) is 0. The SMILES string of the molecule is Cc1cccc(-n2nnc3c(sc4nc(C)c(C)cc43)c2=O)c1. The van der Waals surface area contributed by atoms with E-state index in [9.17, 15) is 4.79 Å². The Morgan fingerprint density at radius 3 is 2.74 bits per heavy atom. The Balaban J connectivity index is 2.06. The Hall–Kier alpha value is -2.60. The van der Waals surface area contributed by atoms with Gasteiger partial charge in [0.1, 0.15) is 15.0 Å². The van der Waals surface area contributed by atoms with Gasteiger partial charge in [-0.2, -0.15) is 4.68 Å². The highest BCUT2D eigenvalue weighted by Gasteiger charge is 2.15. The molecule has 0 saturated carbocycles. The lowest BCUT2D eigenvalue weighted by Crippen LogP contribution is -2.21. The van der Waals surface area contributed by atoms with Gasteiger partial charge in [-0.25, -0.2) is 4.98 Å². The third-order valence-electron chi connectivity index (χ3n) is 3.97. The predicted molar refractivity (Wildman–Crippen MR) is 92.5 cm³/mol. The van der Waals surface area contributed by atoms with Gasteiger partial charge < -0.3 is 0 Å². The largest absolute Gasteiger partial charge is 0.292 e. The van der Waals surface area contributed by atoms with Crippen molar-refractivity contribution in [1.29, 1.82) is 0 Å². The summed E-state index contributed by atoms with van der Waals surface area (Å²) >= 11 is 1.38. The van der Waals surface area contributed by atoms with Crippen molar-refractivity contribution in [1.82, 2.24) is 20.0 Å². The standard InChI is InChI=1S/C17H14N4OS/c1-9-5-4-6-12(7-9)21-17(22)15-14(19-20-21)13-8-10(2)11(3)18-16(13)23-15/h4-8H,1-3H3. The molecule has 4 aromatic rings. The van der Waals surface area contributed by atoms with Crippen LogP contribution < -0.4 is 5.56 Å². The second-order valence-electron chi connectivity index (χ2n) is 5.67. The molecule has 0 fully saturated rings. The first-order valence-electron chi connectivity index (χ1n) is 7.28. The molecule has 0 aliphatic heterocycles. The zero-order chi connectivity index (χ0) is 16.1. The molecule has 0 amide bonds. The van der Waals surface area contributed by atoms with Crippen LogP contribution in [0.3, 0.4) is 0 Å². The Labute approximate surface area is 136 Å². The van der Waals surface area contributed by atoms with Gasteiger partial charge in [-0.1, -0.05) is 17.3 Å². The fourth-order valence-corrected chi connectivity index (χ4v) is 3.66. The van der Waals surface area contributed by atoms with E-state index in [1.54, 1.807) is 0 Å². The van der Waals surface area contributed by atoms with Crippen molar-refractivity contribution < 1.29 is 0 Å². The lowest BCUT2D eigenvalue weighted by Gasteiger charge is -2.03. The van der Waals surface area contributed by atoms with Crippen molar-refractivity contribution in [3.8, 4) is 5.69 Å². The summed E-state index contributed by atoms with van der Waals surface area (Å²) in [6, 6.07) is 9.69. The lowest BCUT2D eigenvalue weighted by atomic mass is 10.2. The van der Waals surface area contributed by atoms with Crippen LogP contribution in [-0.4, -0.2) is 20.0 Å². The van der Waals surface area contributed by atoms with Crippen molar-refractivity contribution in [3.63, 3.8) is 0 Å². The molecule has 0 unspecified atom stereocenters. The van der Waals surface area contributed by atoms with Crippen LogP contribution in [0, 0.1) is 20.8 Å². The number of benzene rings is 1. The van der Waals surface area contributed by atoms with E-state index < -0.39 is 0 Å². The van der Waals surface area contributed by atoms with Gasteiger partial charge in [0, 0.05) is 11.1 Å². The summed E-state index contributed by atoms with van der Waals surface area (Å²) in [6.45, 7) is 5.96. The van der Waals surface area contributed by atoms with Gasteiger partial charge in [0.15, 0.2) is 0 Å². The van der Waals surface area contributed by atoms with E-state index >= 15 is 0 Å². The van der Waals surface area contributed by atoms with Gasteiger partial charge in [0.2, 0.25) is 0 Å². The van der Waals surface area contributed by atoms with Crippen LogP contribution in [-0.2, 0) is 0 Å². The number of pyridine rings is 1. The smallest absolute Gasteiger partial charge is 0.266 e. The molecule has 0 atom stereocenters. The van der Waals surface area contributed by atoms with Gasteiger partial charge in [0.05, 0.1) is 5.69 Å². The number of fused-ring (bicyclic) bond motifs is 3. The summed E-state index contributed by atoms with van der Waals surface area (Å²) in [5.41, 5.74) is 4.33. The molecule has 5 nitrogen and oxygen atoms in total. The van der Waals surface area contributed by atoms with E-state index in [0.29, 0.717) is 10.2 Å². The minimum Gasteiger partial charge on any atom is -0.266 e. The van der Waals surface area contributed by atoms with E-state index in [1.807, 2.05) is 51.1 Å². The summed E-state index contributed by atoms with van der Waals surface area (Å²) in [6.07, 6.45) is 0. The molecule has 0 N–H and O–H groups in total. The molecule has 0 saturated heterocycles. The molecule has 0 aliphatic rings. The molecule has 0 bridgehead atoms. The first-order valence-corrected chi connectivity index (χ1v) is 8.10. The summed E-state index contributed by atoms with van der Waals surface area (Å²) in [5, 5.41) is 9.31. The molecular formula is C17H14N4OS. The Morgan fingerprint density at radius 2 is 1.96 bits per heavy atom. The normalized spacial score (nSPS) is 11.4. The molecular weight excluding hydrogens is 308 g/mol. The zero-order valence-corrected chi connectivity index (χ0v) is 13.8. The van der Waals surface area contributed by atoms with E-state index in [2.05, 4.69) is 15.3 Å². The Kier molecular flexibility index (Phi) is 3.02. The van der Waals surface area contributed by atoms with Crippen molar-refractivity contribution in [2.45, 2.75) is 20.8 Å². The van der Waals surface area contributed by atoms with E-state index in [-0.39, 0.29) is 5.56 Å². The van der Waals surface area contributed by atoms with Crippen molar-refractivity contribution in [2.24, 2.45) is 0 Å². The molecule has 0 aliphatic carbocycles. The van der Waals surface area contributed by atoms with Gasteiger partial charge in [-0.15, -0.1) is 16.4 Å². The second kappa shape index (κ2) is 4.96. The minimum absolute atomic E-state index is 0.154. The van der Waals surface area contributed by atoms with Crippen LogP contribution in [0.1, 0.15) is 16.8 Å². The predicted octanol–water partition coefficient (Wildman–Crippen LogP) is 3.32. The third-order valence-corrected chi connectivity index (χ3v) is 5.04. The average molecular weight is 322 g/mol. The number of hydrogen-bond donors (Lipinski definition) is 0. The van der Waals surface area contributed by atoms with Gasteiger partial charge in [0.25, 0.3) is 5.56 Å². The summed E-state index contributed by atoms with van der Waals surface area (Å²) in [7, 11) is 0. The minimum atomic E-state index is -0.154. The zero-order valence-electron chi connectivity index (χ0n) is 13.0. The number of nitrogens with zero attached hydrogens (tertiary/aromatic N) is 4. The Morgan fingerprint density at radius 1 is 1.13 bits per heavy atom. The van der Waals surface area contributed by atoms with Gasteiger partial charge in [-0.3, -0.25) is 4.79 Å². The van der Waals surface area contributed by atoms with Crippen LogP contribution in [0.25, 0.3) is 26.1 Å². The van der Waals surface area contributed by atoms with Crippen LogP contribution in [0.5, 0.6) is 0 Å². The number of aryl methyl sites for hydroxylation is 3. The molecule has 1 aromatic carbocycles. The number of thiophene rings is 1. The number of aromatic nitrogens is 4. The highest BCUT2D eigenvalue weighted by molar-refractivity contribution is 7.25. The maximum Gasteiger partial charge on any atom is 0.292 e. The lowest BCUT2D eigenvalue weighted by molar-refractivity contribution is 0.740. The quantitative estimate of drug-likeness (QED) is 0.539. The van der Waals surface area contributed by atoms with Crippen LogP contribution in [0.4, 0.5) is 0 Å². The van der Waals surface area contributed by atoms with Crippen molar-refractivity contribution in [3.05, 3.63) is 57.5 Å². The van der Waals surface area contributed by atoms with Crippen LogP contribution in [0.2, 0.25) is 0 Å². The maximum atomic E-state index is 12.8. The maximum absolute atomic E-state index is 12.8. The molecule has 0 radical (unpaired) electrons. The fraction of sp³-hybridized carbons (Fsp3) is 0.176. The van der Waals surface area contributed by atoms with Crippen LogP contribution in [0.15, 0.2) is 35.1 Å². The monoisotopic (exact) mass is 322 g/mol. The molecule has 0 spiro atoms. The van der Waals surface area contributed by atoms with E-state index in [4.69, 9.17) is 0 Å². The number of rotatable bonds is 1. The van der Waals surface area contributed by atoms with Crippen molar-refractivity contribution in [2.75, 3.05) is 0 Å². The van der Waals surface area contributed by atoms with Gasteiger partial charge >= 0.3 is 0 Å². The summed E-state index contributed by atoms with van der Waals surface area (Å²) < 4.78 is 1.94. The number of hydrogen-bond acceptors (Lipinski definition) is 5. The average Bonchev–Trinajstić information content (AvgIpc) is 2.87. The molecule has 3 heterocycles. The molecule has 3 aromatic heterocycles. The highest BCUT2D eigenvalue weighted by Crippen LogP contribution is 2.30. The van der Waals surface area contributed by atoms with E-state index in [1.165, 1.54) is 16.0 Å². The molecule has 6 heteroatoms. The van der Waals surface area contributed by atoms with Crippen LogP contribution >= 0.6 is 11.3 Å². The fourth-order valence-electron chi connectivity index (χ4n) is 2.60.